The number of carbonyl (C=O) groups excluding carboxylic acids is 1. The van der Waals surface area contributed by atoms with Crippen LogP contribution in [-0.4, -0.2) is 25.8 Å². The highest BCUT2D eigenvalue weighted by molar-refractivity contribution is 5.69. The van der Waals surface area contributed by atoms with Crippen LogP contribution in [0.2, 0.25) is 0 Å². The Balaban J connectivity index is 3.27. The molecule has 15 heavy (non-hydrogen) atoms. The molecule has 3 heteroatoms. The molecule has 0 rings (SSSR count). The van der Waals surface area contributed by atoms with E-state index >= 15 is 0 Å². The number of rotatable bonds is 7. The SMILES string of the molecule is CCCCC(=O)OCCOCC(C)(C)C. The molecule has 0 heterocycles. The van der Waals surface area contributed by atoms with E-state index < -0.39 is 0 Å². The van der Waals surface area contributed by atoms with Crippen LogP contribution in [0.5, 0.6) is 0 Å². The molecule has 0 radical (unpaired) electrons. The first kappa shape index (κ1) is 14.4. The quantitative estimate of drug-likeness (QED) is 0.485. The lowest BCUT2D eigenvalue weighted by molar-refractivity contribution is -0.145. The number of hydrogen-bond acceptors (Lipinski definition) is 3. The van der Waals surface area contributed by atoms with Gasteiger partial charge in [0, 0.05) is 6.42 Å². The molecule has 0 N–H and O–H groups in total. The molecule has 0 bridgehead atoms. The van der Waals surface area contributed by atoms with E-state index in [-0.39, 0.29) is 11.4 Å². The number of unbranched alkanes of at least 4 members (excludes halogenated alkanes) is 1. The molecule has 0 saturated heterocycles. The van der Waals surface area contributed by atoms with Crippen molar-refractivity contribution in [3.63, 3.8) is 0 Å². The van der Waals surface area contributed by atoms with Gasteiger partial charge in [0.25, 0.3) is 0 Å². The lowest BCUT2D eigenvalue weighted by Crippen LogP contribution is -2.18. The van der Waals surface area contributed by atoms with Crippen molar-refractivity contribution in [3.05, 3.63) is 0 Å². The normalized spacial score (nSPS) is 11.5. The molecular formula is C12H24O3. The van der Waals surface area contributed by atoms with E-state index in [2.05, 4.69) is 27.7 Å². The number of carbonyl (C=O) groups is 1. The zero-order valence-electron chi connectivity index (χ0n) is 10.5. The van der Waals surface area contributed by atoms with Crippen molar-refractivity contribution in [2.24, 2.45) is 5.41 Å². The first-order valence-corrected chi connectivity index (χ1v) is 5.69. The van der Waals surface area contributed by atoms with Crippen LogP contribution in [0.25, 0.3) is 0 Å². The Hall–Kier alpha value is -0.570. The van der Waals surface area contributed by atoms with Crippen LogP contribution in [0.15, 0.2) is 0 Å². The molecule has 0 fully saturated rings. The van der Waals surface area contributed by atoms with Gasteiger partial charge < -0.3 is 9.47 Å². The van der Waals surface area contributed by atoms with Crippen LogP contribution >= 0.6 is 0 Å². The fourth-order valence-electron chi connectivity index (χ4n) is 0.986. The lowest BCUT2D eigenvalue weighted by Gasteiger charge is -2.17. The summed E-state index contributed by atoms with van der Waals surface area (Å²) < 4.78 is 10.4. The molecule has 0 spiro atoms. The van der Waals surface area contributed by atoms with Crippen molar-refractivity contribution in [3.8, 4) is 0 Å². The number of hydrogen-bond donors (Lipinski definition) is 0. The van der Waals surface area contributed by atoms with Gasteiger partial charge in [0.1, 0.15) is 6.61 Å². The summed E-state index contributed by atoms with van der Waals surface area (Å²) in [5, 5.41) is 0. The standard InChI is InChI=1S/C12H24O3/c1-5-6-7-11(13)15-9-8-14-10-12(2,3)4/h5-10H2,1-4H3. The van der Waals surface area contributed by atoms with Crippen molar-refractivity contribution in [2.75, 3.05) is 19.8 Å². The first-order valence-electron chi connectivity index (χ1n) is 5.69. The summed E-state index contributed by atoms with van der Waals surface area (Å²) in [4.78, 5) is 11.1. The molecule has 0 aromatic carbocycles. The van der Waals surface area contributed by atoms with Gasteiger partial charge in [0.05, 0.1) is 13.2 Å². The average Bonchev–Trinajstić information content (AvgIpc) is 2.12. The minimum Gasteiger partial charge on any atom is -0.463 e. The van der Waals surface area contributed by atoms with Crippen LogP contribution in [0.1, 0.15) is 47.0 Å². The summed E-state index contributed by atoms with van der Waals surface area (Å²) >= 11 is 0. The summed E-state index contributed by atoms with van der Waals surface area (Å²) in [6, 6.07) is 0. The molecule has 0 unspecified atom stereocenters. The van der Waals surface area contributed by atoms with Gasteiger partial charge in [-0.2, -0.15) is 0 Å². The van der Waals surface area contributed by atoms with Gasteiger partial charge in [-0.15, -0.1) is 0 Å². The molecule has 0 amide bonds. The highest BCUT2D eigenvalue weighted by Gasteiger charge is 2.09. The van der Waals surface area contributed by atoms with Crippen LogP contribution < -0.4 is 0 Å². The van der Waals surface area contributed by atoms with E-state index in [9.17, 15) is 4.79 Å². The molecule has 0 aliphatic rings. The van der Waals surface area contributed by atoms with Gasteiger partial charge in [0.15, 0.2) is 0 Å². The molecule has 0 saturated carbocycles. The maximum atomic E-state index is 11.1. The topological polar surface area (TPSA) is 35.5 Å². The molecule has 0 aromatic rings. The Morgan fingerprint density at radius 3 is 2.40 bits per heavy atom. The van der Waals surface area contributed by atoms with Gasteiger partial charge >= 0.3 is 5.97 Å². The van der Waals surface area contributed by atoms with E-state index in [0.717, 1.165) is 12.8 Å². The predicted molar refractivity (Wildman–Crippen MR) is 60.8 cm³/mol. The van der Waals surface area contributed by atoms with Crippen molar-refractivity contribution in [1.82, 2.24) is 0 Å². The average molecular weight is 216 g/mol. The molecule has 0 aromatic heterocycles. The molecule has 3 nitrogen and oxygen atoms in total. The predicted octanol–water partition coefficient (Wildman–Crippen LogP) is 2.78. The highest BCUT2D eigenvalue weighted by Crippen LogP contribution is 2.12. The lowest BCUT2D eigenvalue weighted by atomic mass is 9.99. The van der Waals surface area contributed by atoms with Gasteiger partial charge in [-0.05, 0) is 11.8 Å². The van der Waals surface area contributed by atoms with Crippen LogP contribution in [0, 0.1) is 5.41 Å². The van der Waals surface area contributed by atoms with Gasteiger partial charge in [0.2, 0.25) is 0 Å². The van der Waals surface area contributed by atoms with E-state index in [4.69, 9.17) is 9.47 Å². The fourth-order valence-corrected chi connectivity index (χ4v) is 0.986. The van der Waals surface area contributed by atoms with Crippen LogP contribution in [0.4, 0.5) is 0 Å². The van der Waals surface area contributed by atoms with E-state index in [1.807, 2.05) is 0 Å². The summed E-state index contributed by atoms with van der Waals surface area (Å²) in [5.74, 6) is -0.115. The molecule has 90 valence electrons. The van der Waals surface area contributed by atoms with E-state index in [1.54, 1.807) is 0 Å². The van der Waals surface area contributed by atoms with E-state index in [1.165, 1.54) is 0 Å². The van der Waals surface area contributed by atoms with Crippen molar-refractivity contribution >= 4 is 5.97 Å². The fraction of sp³-hybridized carbons (Fsp3) is 0.917. The van der Waals surface area contributed by atoms with Crippen molar-refractivity contribution in [2.45, 2.75) is 47.0 Å². The number of esters is 1. The Morgan fingerprint density at radius 2 is 1.87 bits per heavy atom. The van der Waals surface area contributed by atoms with Crippen LogP contribution in [0.3, 0.4) is 0 Å². The largest absolute Gasteiger partial charge is 0.463 e. The van der Waals surface area contributed by atoms with Gasteiger partial charge in [-0.1, -0.05) is 34.1 Å². The third-order valence-corrected chi connectivity index (χ3v) is 1.76. The minimum absolute atomic E-state index is 0.115. The van der Waals surface area contributed by atoms with E-state index in [0.29, 0.717) is 26.2 Å². The second kappa shape index (κ2) is 7.69. The molecule has 0 atom stereocenters. The second-order valence-electron chi connectivity index (χ2n) is 4.94. The molecule has 0 aliphatic carbocycles. The third kappa shape index (κ3) is 11.4. The molecule has 0 aliphatic heterocycles. The second-order valence-corrected chi connectivity index (χ2v) is 4.94. The van der Waals surface area contributed by atoms with Gasteiger partial charge in [-0.3, -0.25) is 4.79 Å². The first-order chi connectivity index (χ1) is 6.95. The number of ether oxygens (including phenoxy) is 2. The summed E-state index contributed by atoms with van der Waals surface area (Å²) in [5.41, 5.74) is 0.173. The smallest absolute Gasteiger partial charge is 0.305 e. The maximum Gasteiger partial charge on any atom is 0.305 e. The summed E-state index contributed by atoms with van der Waals surface area (Å²) in [7, 11) is 0. The van der Waals surface area contributed by atoms with Crippen molar-refractivity contribution in [1.29, 1.82) is 0 Å². The Morgan fingerprint density at radius 1 is 1.20 bits per heavy atom. The van der Waals surface area contributed by atoms with Crippen molar-refractivity contribution < 1.29 is 14.3 Å². The third-order valence-electron chi connectivity index (χ3n) is 1.76. The highest BCUT2D eigenvalue weighted by atomic mass is 16.6. The Labute approximate surface area is 93.1 Å². The minimum atomic E-state index is -0.115. The Bertz CT molecular complexity index is 170. The maximum absolute atomic E-state index is 11.1. The van der Waals surface area contributed by atoms with Crippen LogP contribution in [-0.2, 0) is 14.3 Å². The summed E-state index contributed by atoms with van der Waals surface area (Å²) in [6.45, 7) is 9.95. The zero-order valence-corrected chi connectivity index (χ0v) is 10.5. The molecular weight excluding hydrogens is 192 g/mol. The zero-order chi connectivity index (χ0) is 11.7. The monoisotopic (exact) mass is 216 g/mol. The summed E-state index contributed by atoms with van der Waals surface area (Å²) in [6.07, 6.45) is 2.45. The van der Waals surface area contributed by atoms with Gasteiger partial charge in [-0.25, -0.2) is 0 Å². The Kier molecular flexibility index (Phi) is 7.39.